The summed E-state index contributed by atoms with van der Waals surface area (Å²) in [6.07, 6.45) is 16.2. The summed E-state index contributed by atoms with van der Waals surface area (Å²) >= 11 is 0. The molecular weight excluding hydrogens is 280 g/mol. The molecule has 1 aliphatic rings. The van der Waals surface area contributed by atoms with E-state index in [1.807, 2.05) is 18.2 Å². The van der Waals surface area contributed by atoms with Crippen LogP contribution in [0.5, 0.6) is 0 Å². The third-order valence-electron chi connectivity index (χ3n) is 3.91. The minimum atomic E-state index is -0.699. The van der Waals surface area contributed by atoms with Crippen LogP contribution in [0.4, 0.5) is 0 Å². The van der Waals surface area contributed by atoms with Gasteiger partial charge in [-0.15, -0.1) is 0 Å². The molecule has 1 rings (SSSR count). The second-order valence-corrected chi connectivity index (χ2v) is 5.94. The third-order valence-corrected chi connectivity index (χ3v) is 3.91. The number of aliphatic hydroxyl groups excluding tert-OH is 1. The number of aliphatic carboxylic acids is 1. The summed E-state index contributed by atoms with van der Waals surface area (Å²) in [5, 5.41) is 18.3. The molecule has 0 saturated carbocycles. The predicted octanol–water partition coefficient (Wildman–Crippen LogP) is 3.84. The fourth-order valence-corrected chi connectivity index (χ4v) is 2.50. The minimum absolute atomic E-state index is 0.245. The largest absolute Gasteiger partial charge is 0.481 e. The zero-order valence-corrected chi connectivity index (χ0v) is 13.6. The van der Waals surface area contributed by atoms with Gasteiger partial charge in [0.25, 0.3) is 0 Å². The molecule has 1 aliphatic heterocycles. The van der Waals surface area contributed by atoms with Gasteiger partial charge in [0.2, 0.25) is 0 Å². The molecule has 0 spiro atoms. The molecule has 4 nitrogen and oxygen atoms in total. The number of epoxide rings is 1. The Bertz CT molecular complexity index is 362. The van der Waals surface area contributed by atoms with Crippen molar-refractivity contribution in [3.63, 3.8) is 0 Å². The molecule has 22 heavy (non-hydrogen) atoms. The fourth-order valence-electron chi connectivity index (χ4n) is 2.50. The van der Waals surface area contributed by atoms with Gasteiger partial charge >= 0.3 is 5.97 Å². The molecule has 3 unspecified atom stereocenters. The molecule has 0 aromatic heterocycles. The monoisotopic (exact) mass is 310 g/mol. The first-order valence-electron chi connectivity index (χ1n) is 8.52. The van der Waals surface area contributed by atoms with Crippen LogP contribution in [0, 0.1) is 0 Å². The highest BCUT2D eigenvalue weighted by molar-refractivity contribution is 5.66. The maximum absolute atomic E-state index is 10.3. The summed E-state index contributed by atoms with van der Waals surface area (Å²) in [5.41, 5.74) is 0. The van der Waals surface area contributed by atoms with Crippen LogP contribution in [-0.2, 0) is 9.53 Å². The quantitative estimate of drug-likeness (QED) is 0.308. The molecule has 2 N–H and O–H groups in total. The van der Waals surface area contributed by atoms with E-state index in [9.17, 15) is 9.90 Å². The third kappa shape index (κ3) is 9.74. The minimum Gasteiger partial charge on any atom is -0.481 e. The van der Waals surface area contributed by atoms with Crippen molar-refractivity contribution in [2.24, 2.45) is 0 Å². The Morgan fingerprint density at radius 3 is 2.55 bits per heavy atom. The molecule has 126 valence electrons. The van der Waals surface area contributed by atoms with Gasteiger partial charge in [-0.05, 0) is 25.7 Å². The van der Waals surface area contributed by atoms with Gasteiger partial charge in [0.05, 0.1) is 18.3 Å². The lowest BCUT2D eigenvalue weighted by Gasteiger charge is -2.00. The average Bonchev–Trinajstić information content (AvgIpc) is 3.22. The SMILES string of the molecule is CCC1OC1CC(O)/C=C/C=C\CCCCCCCC(=O)O. The van der Waals surface area contributed by atoms with E-state index in [0.29, 0.717) is 12.5 Å². The number of ether oxygens (including phenoxy) is 1. The number of hydrogen-bond acceptors (Lipinski definition) is 3. The molecule has 1 heterocycles. The van der Waals surface area contributed by atoms with Gasteiger partial charge in [-0.25, -0.2) is 0 Å². The van der Waals surface area contributed by atoms with Crippen molar-refractivity contribution in [3.8, 4) is 0 Å². The predicted molar refractivity (Wildman–Crippen MR) is 87.8 cm³/mol. The van der Waals surface area contributed by atoms with Crippen LogP contribution < -0.4 is 0 Å². The van der Waals surface area contributed by atoms with Crippen LogP contribution in [0.2, 0.25) is 0 Å². The summed E-state index contributed by atoms with van der Waals surface area (Å²) in [7, 11) is 0. The molecule has 0 aromatic carbocycles. The van der Waals surface area contributed by atoms with E-state index in [2.05, 4.69) is 13.0 Å². The van der Waals surface area contributed by atoms with Crippen LogP contribution in [-0.4, -0.2) is 34.5 Å². The zero-order valence-electron chi connectivity index (χ0n) is 13.6. The highest BCUT2D eigenvalue weighted by Crippen LogP contribution is 2.29. The van der Waals surface area contributed by atoms with E-state index in [1.165, 1.54) is 0 Å². The Morgan fingerprint density at radius 2 is 1.86 bits per heavy atom. The molecule has 0 aliphatic carbocycles. The molecule has 0 radical (unpaired) electrons. The van der Waals surface area contributed by atoms with E-state index in [0.717, 1.165) is 44.9 Å². The Kier molecular flexibility index (Phi) is 9.84. The van der Waals surface area contributed by atoms with E-state index in [4.69, 9.17) is 9.84 Å². The Hall–Kier alpha value is -1.13. The molecule has 1 saturated heterocycles. The summed E-state index contributed by atoms with van der Waals surface area (Å²) in [6, 6.07) is 0. The van der Waals surface area contributed by atoms with E-state index < -0.39 is 12.1 Å². The number of unbranched alkanes of at least 4 members (excludes halogenated alkanes) is 5. The van der Waals surface area contributed by atoms with Gasteiger partial charge in [-0.2, -0.15) is 0 Å². The van der Waals surface area contributed by atoms with Crippen LogP contribution >= 0.6 is 0 Å². The first kappa shape index (κ1) is 18.9. The lowest BCUT2D eigenvalue weighted by atomic mass is 10.1. The van der Waals surface area contributed by atoms with Gasteiger partial charge in [-0.3, -0.25) is 4.79 Å². The zero-order chi connectivity index (χ0) is 16.2. The molecule has 4 heteroatoms. The van der Waals surface area contributed by atoms with Crippen molar-refractivity contribution in [1.29, 1.82) is 0 Å². The second kappa shape index (κ2) is 11.4. The summed E-state index contributed by atoms with van der Waals surface area (Å²) in [6.45, 7) is 2.10. The molecule has 0 aromatic rings. The van der Waals surface area contributed by atoms with E-state index >= 15 is 0 Å². The number of aliphatic hydroxyl groups is 1. The van der Waals surface area contributed by atoms with Gasteiger partial charge in [-0.1, -0.05) is 50.5 Å². The Balaban J connectivity index is 1.90. The number of carboxylic acid groups (broad SMARTS) is 1. The van der Waals surface area contributed by atoms with Crippen molar-refractivity contribution in [3.05, 3.63) is 24.3 Å². The molecular formula is C18H30O4. The lowest BCUT2D eigenvalue weighted by molar-refractivity contribution is -0.137. The number of carboxylic acids is 1. The number of allylic oxidation sites excluding steroid dienone is 3. The van der Waals surface area contributed by atoms with E-state index in [-0.39, 0.29) is 12.5 Å². The van der Waals surface area contributed by atoms with Gasteiger partial charge in [0.15, 0.2) is 0 Å². The number of rotatable bonds is 13. The van der Waals surface area contributed by atoms with Crippen LogP contribution in [0.3, 0.4) is 0 Å². The molecule has 0 amide bonds. The Labute approximate surface area is 133 Å². The fraction of sp³-hybridized carbons (Fsp3) is 0.722. The van der Waals surface area contributed by atoms with Crippen molar-refractivity contribution >= 4 is 5.97 Å². The maximum atomic E-state index is 10.3. The van der Waals surface area contributed by atoms with Crippen molar-refractivity contribution in [1.82, 2.24) is 0 Å². The summed E-state index contributed by atoms with van der Waals surface area (Å²) in [5.74, 6) is -0.699. The number of hydrogen-bond donors (Lipinski definition) is 2. The van der Waals surface area contributed by atoms with Crippen molar-refractivity contribution < 1.29 is 19.7 Å². The summed E-state index contributed by atoms with van der Waals surface area (Å²) in [4.78, 5) is 10.3. The normalized spacial score (nSPS) is 22.5. The van der Waals surface area contributed by atoms with Crippen molar-refractivity contribution in [2.45, 2.75) is 83.0 Å². The van der Waals surface area contributed by atoms with Gasteiger partial charge in [0, 0.05) is 12.8 Å². The highest BCUT2D eigenvalue weighted by atomic mass is 16.6. The molecule has 0 bridgehead atoms. The Morgan fingerprint density at radius 1 is 1.14 bits per heavy atom. The van der Waals surface area contributed by atoms with Crippen LogP contribution in [0.15, 0.2) is 24.3 Å². The maximum Gasteiger partial charge on any atom is 0.303 e. The molecule has 3 atom stereocenters. The topological polar surface area (TPSA) is 70.1 Å². The van der Waals surface area contributed by atoms with Crippen LogP contribution in [0.1, 0.15) is 64.7 Å². The van der Waals surface area contributed by atoms with Crippen molar-refractivity contribution in [2.75, 3.05) is 0 Å². The number of carbonyl (C=O) groups is 1. The second-order valence-electron chi connectivity index (χ2n) is 5.94. The smallest absolute Gasteiger partial charge is 0.303 e. The van der Waals surface area contributed by atoms with Gasteiger partial charge < -0.3 is 14.9 Å². The first-order chi connectivity index (χ1) is 10.6. The first-order valence-corrected chi connectivity index (χ1v) is 8.52. The standard InChI is InChI=1S/C18H30O4/c1-2-16-17(22-16)14-15(19)12-10-8-6-4-3-5-7-9-11-13-18(20)21/h6,8,10,12,15-17,19H,2-5,7,9,11,13-14H2,1H3,(H,20,21)/b8-6-,12-10+. The average molecular weight is 310 g/mol. The lowest BCUT2D eigenvalue weighted by Crippen LogP contribution is -2.07. The van der Waals surface area contributed by atoms with E-state index in [1.54, 1.807) is 0 Å². The van der Waals surface area contributed by atoms with Crippen LogP contribution in [0.25, 0.3) is 0 Å². The molecule has 1 fully saturated rings. The highest BCUT2D eigenvalue weighted by Gasteiger charge is 2.37. The van der Waals surface area contributed by atoms with Gasteiger partial charge in [0.1, 0.15) is 0 Å². The summed E-state index contributed by atoms with van der Waals surface area (Å²) < 4.78 is 5.41.